The number of nitrogens with one attached hydrogen (secondary N) is 1. The van der Waals surface area contributed by atoms with Crippen molar-refractivity contribution >= 4 is 11.8 Å². The zero-order chi connectivity index (χ0) is 21.4. The topological polar surface area (TPSA) is 103 Å². The predicted octanol–water partition coefficient (Wildman–Crippen LogP) is 1.95. The Morgan fingerprint density at radius 1 is 1.07 bits per heavy atom. The molecule has 162 valence electrons. The van der Waals surface area contributed by atoms with Gasteiger partial charge in [-0.05, 0) is 39.1 Å². The normalized spacial score (nSPS) is 16.0. The number of benzene rings is 1. The molecule has 0 heterocycles. The van der Waals surface area contributed by atoms with E-state index in [1.165, 1.54) is 39.9 Å². The van der Waals surface area contributed by atoms with Gasteiger partial charge in [-0.1, -0.05) is 25.7 Å². The molecule has 1 aromatic rings. The number of hydrogen-bond acceptors (Lipinski definition) is 6. The average molecular weight is 408 g/mol. The number of methoxy groups -OCH3 is 2. The van der Waals surface area contributed by atoms with Crippen LogP contribution in [-0.4, -0.2) is 63.7 Å². The van der Waals surface area contributed by atoms with E-state index in [0.717, 1.165) is 12.8 Å². The molecule has 1 fully saturated rings. The molecule has 0 radical (unpaired) electrons. The SMILES string of the molecule is COc1cc(C(=O)NCC2(N(C)C)CCCCCC2)cc(OC)c1OCC(N)=O. The van der Waals surface area contributed by atoms with Crippen LogP contribution in [0.4, 0.5) is 0 Å². The van der Waals surface area contributed by atoms with Crippen molar-refractivity contribution in [1.82, 2.24) is 10.2 Å². The molecule has 1 aliphatic carbocycles. The van der Waals surface area contributed by atoms with Crippen molar-refractivity contribution in [1.29, 1.82) is 0 Å². The van der Waals surface area contributed by atoms with Crippen LogP contribution in [0.25, 0.3) is 0 Å². The van der Waals surface area contributed by atoms with Crippen LogP contribution >= 0.6 is 0 Å². The van der Waals surface area contributed by atoms with Crippen molar-refractivity contribution in [3.05, 3.63) is 17.7 Å². The molecule has 0 bridgehead atoms. The largest absolute Gasteiger partial charge is 0.493 e. The van der Waals surface area contributed by atoms with Crippen molar-refractivity contribution in [2.75, 3.05) is 41.5 Å². The van der Waals surface area contributed by atoms with Gasteiger partial charge in [-0.3, -0.25) is 9.59 Å². The number of hydrogen-bond donors (Lipinski definition) is 2. The van der Waals surface area contributed by atoms with E-state index in [1.807, 2.05) is 0 Å². The standard InChI is InChI=1S/C21H33N3O5/c1-24(2)21(9-7-5-6-8-10-21)14-23-20(26)15-11-16(27-3)19(17(12-15)28-4)29-13-18(22)25/h11-12H,5-10,13-14H2,1-4H3,(H2,22,25)(H,23,26). The fourth-order valence-corrected chi connectivity index (χ4v) is 3.81. The minimum atomic E-state index is -0.617. The van der Waals surface area contributed by atoms with E-state index in [1.54, 1.807) is 12.1 Å². The molecule has 1 aliphatic rings. The second kappa shape index (κ2) is 10.3. The third-order valence-corrected chi connectivity index (χ3v) is 5.64. The predicted molar refractivity (Wildman–Crippen MR) is 111 cm³/mol. The molecule has 0 saturated heterocycles. The number of carbonyl (C=O) groups excluding carboxylic acids is 2. The van der Waals surface area contributed by atoms with Gasteiger partial charge in [-0.15, -0.1) is 0 Å². The highest BCUT2D eigenvalue weighted by atomic mass is 16.5. The fraction of sp³-hybridized carbons (Fsp3) is 0.619. The van der Waals surface area contributed by atoms with Crippen LogP contribution in [0.3, 0.4) is 0 Å². The van der Waals surface area contributed by atoms with Crippen LogP contribution in [-0.2, 0) is 4.79 Å². The van der Waals surface area contributed by atoms with E-state index >= 15 is 0 Å². The number of rotatable bonds is 9. The maximum absolute atomic E-state index is 12.9. The van der Waals surface area contributed by atoms with Crippen molar-refractivity contribution in [2.45, 2.75) is 44.1 Å². The number of primary amides is 1. The van der Waals surface area contributed by atoms with Crippen molar-refractivity contribution < 1.29 is 23.8 Å². The molecule has 2 amide bonds. The molecule has 0 aromatic heterocycles. The van der Waals surface area contributed by atoms with Gasteiger partial charge in [0.25, 0.3) is 11.8 Å². The smallest absolute Gasteiger partial charge is 0.255 e. The average Bonchev–Trinajstić information content (AvgIpc) is 2.96. The molecule has 8 heteroatoms. The lowest BCUT2D eigenvalue weighted by Gasteiger charge is -2.39. The Balaban J connectivity index is 2.20. The van der Waals surface area contributed by atoms with Crippen LogP contribution in [0.5, 0.6) is 17.2 Å². The molecule has 0 atom stereocenters. The summed E-state index contributed by atoms with van der Waals surface area (Å²) in [6.07, 6.45) is 6.94. The first kappa shape index (κ1) is 22.8. The summed E-state index contributed by atoms with van der Waals surface area (Å²) in [7, 11) is 7.07. The Kier molecular flexibility index (Phi) is 8.13. The zero-order valence-corrected chi connectivity index (χ0v) is 17.9. The summed E-state index contributed by atoms with van der Waals surface area (Å²) in [5.41, 5.74) is 5.51. The third-order valence-electron chi connectivity index (χ3n) is 5.64. The Morgan fingerprint density at radius 3 is 2.07 bits per heavy atom. The van der Waals surface area contributed by atoms with Gasteiger partial charge < -0.3 is 30.2 Å². The van der Waals surface area contributed by atoms with Crippen molar-refractivity contribution in [3.63, 3.8) is 0 Å². The van der Waals surface area contributed by atoms with Crippen LogP contribution in [0, 0.1) is 0 Å². The van der Waals surface area contributed by atoms with Gasteiger partial charge in [-0.25, -0.2) is 0 Å². The van der Waals surface area contributed by atoms with E-state index in [2.05, 4.69) is 24.3 Å². The first-order valence-corrected chi connectivity index (χ1v) is 9.95. The van der Waals surface area contributed by atoms with E-state index in [4.69, 9.17) is 19.9 Å². The second-order valence-electron chi connectivity index (χ2n) is 7.68. The molecule has 3 N–H and O–H groups in total. The van der Waals surface area contributed by atoms with Crippen LogP contribution in [0.1, 0.15) is 48.9 Å². The molecular weight excluding hydrogens is 374 g/mol. The summed E-state index contributed by atoms with van der Waals surface area (Å²) in [6, 6.07) is 3.15. The maximum atomic E-state index is 12.9. The first-order valence-electron chi connectivity index (χ1n) is 9.95. The quantitative estimate of drug-likeness (QED) is 0.607. The van der Waals surface area contributed by atoms with Gasteiger partial charge >= 0.3 is 0 Å². The van der Waals surface area contributed by atoms with Gasteiger partial charge in [0.1, 0.15) is 0 Å². The molecule has 0 spiro atoms. The lowest BCUT2D eigenvalue weighted by atomic mass is 9.88. The fourth-order valence-electron chi connectivity index (χ4n) is 3.81. The van der Waals surface area contributed by atoms with Crippen LogP contribution in [0.15, 0.2) is 12.1 Å². The van der Waals surface area contributed by atoms with Gasteiger partial charge in [0, 0.05) is 17.6 Å². The molecule has 1 aromatic carbocycles. The maximum Gasteiger partial charge on any atom is 0.255 e. The summed E-state index contributed by atoms with van der Waals surface area (Å²) >= 11 is 0. The Bertz CT molecular complexity index is 687. The molecule has 0 aliphatic heterocycles. The van der Waals surface area contributed by atoms with E-state index < -0.39 is 5.91 Å². The van der Waals surface area contributed by atoms with Crippen molar-refractivity contribution in [2.24, 2.45) is 5.73 Å². The van der Waals surface area contributed by atoms with E-state index in [-0.39, 0.29) is 23.8 Å². The summed E-state index contributed by atoms with van der Waals surface area (Å²) < 4.78 is 16.1. The minimum absolute atomic E-state index is 0.0368. The number of nitrogens with zero attached hydrogens (tertiary/aromatic N) is 1. The lowest BCUT2D eigenvalue weighted by molar-refractivity contribution is -0.120. The van der Waals surface area contributed by atoms with Crippen LogP contribution in [0.2, 0.25) is 0 Å². The summed E-state index contributed by atoms with van der Waals surface area (Å²) in [5.74, 6) is 0.000732. The summed E-state index contributed by atoms with van der Waals surface area (Å²) in [4.78, 5) is 26.2. The van der Waals surface area contributed by atoms with Gasteiger partial charge in [-0.2, -0.15) is 0 Å². The second-order valence-corrected chi connectivity index (χ2v) is 7.68. The highest BCUT2D eigenvalue weighted by Crippen LogP contribution is 2.38. The zero-order valence-electron chi connectivity index (χ0n) is 17.9. The number of likely N-dealkylation sites (N-methyl/N-ethyl adjacent to an activating group) is 1. The Hall–Kier alpha value is -2.48. The van der Waals surface area contributed by atoms with Gasteiger partial charge in [0.15, 0.2) is 18.1 Å². The molecule has 8 nitrogen and oxygen atoms in total. The van der Waals surface area contributed by atoms with E-state index in [9.17, 15) is 9.59 Å². The third kappa shape index (κ3) is 5.76. The number of nitrogens with two attached hydrogens (primary N) is 1. The van der Waals surface area contributed by atoms with Gasteiger partial charge in [0.05, 0.1) is 14.2 Å². The lowest BCUT2D eigenvalue weighted by Crippen LogP contribution is -2.52. The number of amides is 2. The number of carbonyl (C=O) groups is 2. The van der Waals surface area contributed by atoms with E-state index in [0.29, 0.717) is 23.6 Å². The highest BCUT2D eigenvalue weighted by molar-refractivity contribution is 5.95. The molecule has 1 saturated carbocycles. The molecule has 0 unspecified atom stereocenters. The van der Waals surface area contributed by atoms with Crippen LogP contribution < -0.4 is 25.3 Å². The number of ether oxygens (including phenoxy) is 3. The van der Waals surface area contributed by atoms with Gasteiger partial charge in [0.2, 0.25) is 5.75 Å². The summed E-state index contributed by atoms with van der Waals surface area (Å²) in [5, 5.41) is 3.08. The molecule has 29 heavy (non-hydrogen) atoms. The Morgan fingerprint density at radius 2 is 1.62 bits per heavy atom. The highest BCUT2D eigenvalue weighted by Gasteiger charge is 2.33. The first-order chi connectivity index (χ1) is 13.8. The monoisotopic (exact) mass is 407 g/mol. The minimum Gasteiger partial charge on any atom is -0.493 e. The van der Waals surface area contributed by atoms with Crippen molar-refractivity contribution in [3.8, 4) is 17.2 Å². The summed E-state index contributed by atoms with van der Waals surface area (Å²) in [6.45, 7) is 0.257. The Labute approximate surface area is 172 Å². The molecular formula is C21H33N3O5. The molecule has 2 rings (SSSR count).